The molecule has 7 N–H and O–H groups in total. The number of imide groups is 1. The van der Waals surface area contributed by atoms with Crippen LogP contribution in [0.5, 0.6) is 0 Å². The minimum Gasteiger partial charge on any atom is -0.443 e. The number of rotatable bonds is 16. The summed E-state index contributed by atoms with van der Waals surface area (Å²) in [5, 5.41) is 8.12. The molecule has 12 rings (SSSR count). The van der Waals surface area contributed by atoms with E-state index in [2.05, 4.69) is 83.2 Å². The van der Waals surface area contributed by atoms with Crippen molar-refractivity contribution < 1.29 is 55.1 Å². The molecule has 0 atom stereocenters. The molecule has 8 heterocycles. The molecule has 2 fully saturated rings. The van der Waals surface area contributed by atoms with Crippen LogP contribution in [-0.4, -0.2) is 167 Å². The topological polar surface area (TPSA) is 260 Å². The van der Waals surface area contributed by atoms with Crippen molar-refractivity contribution in [1.29, 1.82) is 0 Å². The maximum Gasteiger partial charge on any atom is 0.417 e. The third-order valence-electron chi connectivity index (χ3n) is 18.8. The van der Waals surface area contributed by atoms with Crippen molar-refractivity contribution >= 4 is 53.0 Å². The van der Waals surface area contributed by atoms with Crippen molar-refractivity contribution in [2.24, 2.45) is 14.1 Å². The first kappa shape index (κ1) is 77.2. The van der Waals surface area contributed by atoms with Crippen LogP contribution in [0.1, 0.15) is 135 Å². The number of ether oxygens (including phenoxy) is 1. The zero-order valence-corrected chi connectivity index (χ0v) is 60.8. The van der Waals surface area contributed by atoms with Crippen molar-refractivity contribution in [2.75, 3.05) is 101 Å². The highest BCUT2D eigenvalue weighted by atomic mass is 19.4. The van der Waals surface area contributed by atoms with Gasteiger partial charge in [-0.1, -0.05) is 73.9 Å². The number of anilines is 4. The number of nitrogens with two attached hydrogens (primary N) is 2. The summed E-state index contributed by atoms with van der Waals surface area (Å²) in [6, 6.07) is 25.4. The molecule has 2 saturated heterocycles. The van der Waals surface area contributed by atoms with Crippen molar-refractivity contribution in [3.8, 4) is 46.5 Å². The summed E-state index contributed by atoms with van der Waals surface area (Å²) in [5.41, 5.74) is 18.2. The molecule has 4 aromatic carbocycles. The third kappa shape index (κ3) is 19.6. The van der Waals surface area contributed by atoms with E-state index < -0.39 is 52.9 Å². The Labute approximate surface area is 617 Å². The van der Waals surface area contributed by atoms with Gasteiger partial charge in [0.1, 0.15) is 17.0 Å². The fourth-order valence-corrected chi connectivity index (χ4v) is 13.6. The second-order valence-electron chi connectivity index (χ2n) is 27.9. The number of piperazine rings is 2. The fourth-order valence-electron chi connectivity index (χ4n) is 13.6. The predicted octanol–water partition coefficient (Wildman–Crippen LogP) is 10.6. The van der Waals surface area contributed by atoms with E-state index in [4.69, 9.17) is 16.2 Å². The number of nitrogens with zero attached hydrogens (tertiary/aromatic N) is 11. The van der Waals surface area contributed by atoms with Crippen LogP contribution in [0.4, 0.5) is 54.4 Å². The first-order valence-electron chi connectivity index (χ1n) is 35.5. The van der Waals surface area contributed by atoms with Crippen LogP contribution in [-0.2, 0) is 79.5 Å². The van der Waals surface area contributed by atoms with Crippen LogP contribution < -0.4 is 27.4 Å². The standard InChI is InChI=1S/C42H47F3N8O4.C37H39F3N8O2/c1-6-15-51-17-19-52(20-18-51)26-30-12-13-31(23-33(30)42(43,44)45)48-36(54)22-28-9-7-8-27(21-28)10-11-29-25-47-39(46)49-37(29)35-24-32-34(50(35)5)14-16-53(38(32)55)40(56)57-41(2,3)4;1-3-13-47-14-16-48(17-15-47)23-27-9-10-28(20-30(27)37(38,39)40)44-33(49)19-25-6-4-5-24(18-25)7-8-26-22-43-36(41)45-34(26)32-21-29-31(46(32)2)11-12-42-35(29)50/h7-9,12-13,21,23-25H,6,14-20,22,26H2,1-5H3,(H,48,54)(H2,46,47,49);4-6,9-10,18,20-22H,3,11-17,19,23H2,1-2H3,(H,42,50)(H,44,49)(H2,41,43,45). The van der Waals surface area contributed by atoms with Gasteiger partial charge in [-0.2, -0.15) is 26.3 Å². The number of carbonyl (C=O) groups excluding carboxylic acids is 5. The number of hydrogen-bond acceptors (Lipinski definition) is 16. The Morgan fingerprint density at radius 3 is 1.43 bits per heavy atom. The quantitative estimate of drug-likeness (QED) is 0.0445. The summed E-state index contributed by atoms with van der Waals surface area (Å²) in [7, 11) is 3.66. The zero-order valence-electron chi connectivity index (χ0n) is 60.8. The Kier molecular flexibility index (Phi) is 24.0. The van der Waals surface area contributed by atoms with Crippen molar-refractivity contribution in [1.82, 2.24) is 58.9 Å². The van der Waals surface area contributed by atoms with Crippen LogP contribution in [0, 0.1) is 23.7 Å². The van der Waals surface area contributed by atoms with E-state index in [1.165, 1.54) is 36.7 Å². The Bertz CT molecular complexity index is 4790. The van der Waals surface area contributed by atoms with Gasteiger partial charge in [0.2, 0.25) is 23.7 Å². The van der Waals surface area contributed by atoms with Gasteiger partial charge in [0.15, 0.2) is 0 Å². The third-order valence-corrected chi connectivity index (χ3v) is 18.8. The summed E-state index contributed by atoms with van der Waals surface area (Å²) in [6.45, 7) is 18.6. The number of benzene rings is 4. The van der Waals surface area contributed by atoms with Gasteiger partial charge < -0.3 is 51.1 Å². The number of alkyl halides is 6. The van der Waals surface area contributed by atoms with Gasteiger partial charge in [-0.3, -0.25) is 29.0 Å². The number of halogens is 6. The molecular weight excluding hydrogens is 1380 g/mol. The highest BCUT2D eigenvalue weighted by molar-refractivity contribution is 6.06. The van der Waals surface area contributed by atoms with Crippen molar-refractivity contribution in [3.63, 3.8) is 0 Å². The predicted molar refractivity (Wildman–Crippen MR) is 395 cm³/mol. The van der Waals surface area contributed by atoms with Gasteiger partial charge >= 0.3 is 18.4 Å². The molecule has 560 valence electrons. The fraction of sp³-hybridized carbons (Fsp3) is 0.380. The maximum atomic E-state index is 14.2. The number of hydrogen-bond donors (Lipinski definition) is 5. The van der Waals surface area contributed by atoms with E-state index >= 15 is 0 Å². The van der Waals surface area contributed by atoms with Crippen LogP contribution in [0.3, 0.4) is 0 Å². The van der Waals surface area contributed by atoms with Gasteiger partial charge in [0.25, 0.3) is 11.8 Å². The molecule has 0 bridgehead atoms. The molecule has 107 heavy (non-hydrogen) atoms. The van der Waals surface area contributed by atoms with E-state index in [0.29, 0.717) is 113 Å². The van der Waals surface area contributed by atoms with Crippen LogP contribution >= 0.6 is 0 Å². The minimum atomic E-state index is -4.58. The monoisotopic (exact) mass is 1470 g/mol. The number of aromatic nitrogens is 6. The lowest BCUT2D eigenvalue weighted by molar-refractivity contribution is -0.139. The summed E-state index contributed by atoms with van der Waals surface area (Å²) in [4.78, 5) is 91.6. The molecule has 4 aliphatic rings. The van der Waals surface area contributed by atoms with E-state index in [-0.39, 0.29) is 72.8 Å². The van der Waals surface area contributed by atoms with E-state index in [0.717, 1.165) is 80.5 Å². The van der Waals surface area contributed by atoms with Gasteiger partial charge in [-0.05, 0) is 130 Å². The Morgan fingerprint density at radius 1 is 0.561 bits per heavy atom. The van der Waals surface area contributed by atoms with Gasteiger partial charge in [0, 0.05) is 152 Å². The lowest BCUT2D eigenvalue weighted by Crippen LogP contribution is -2.46. The largest absolute Gasteiger partial charge is 0.443 e. The normalized spacial score (nSPS) is 15.2. The number of nitrogens with one attached hydrogen (secondary N) is 3. The highest BCUT2D eigenvalue weighted by Crippen LogP contribution is 2.38. The second kappa shape index (κ2) is 33.3. The molecular formula is C79H86F6N16O6. The highest BCUT2D eigenvalue weighted by Gasteiger charge is 2.38. The number of carbonyl (C=O) groups is 5. The molecule has 0 aliphatic carbocycles. The summed E-state index contributed by atoms with van der Waals surface area (Å²) in [6.07, 6.45) is -3.82. The molecule has 5 amide bonds. The van der Waals surface area contributed by atoms with Crippen LogP contribution in [0.15, 0.2) is 109 Å². The zero-order chi connectivity index (χ0) is 76.5. The molecule has 22 nitrogen and oxygen atoms in total. The summed E-state index contributed by atoms with van der Waals surface area (Å²) >= 11 is 0. The lowest BCUT2D eigenvalue weighted by atomic mass is 10.0. The number of fused-ring (bicyclic) bond motifs is 2. The van der Waals surface area contributed by atoms with Gasteiger partial charge in [-0.15, -0.1) is 0 Å². The van der Waals surface area contributed by atoms with Crippen LogP contribution in [0.25, 0.3) is 22.8 Å². The van der Waals surface area contributed by atoms with Gasteiger partial charge in [0.05, 0.1) is 57.6 Å². The molecule has 0 spiro atoms. The summed E-state index contributed by atoms with van der Waals surface area (Å²) in [5.74, 6) is 10.9. The van der Waals surface area contributed by atoms with Crippen molar-refractivity contribution in [3.05, 3.63) is 188 Å². The molecule has 0 radical (unpaired) electrons. The molecule has 8 aromatic rings. The molecule has 4 aromatic heterocycles. The number of nitrogen functional groups attached to an aromatic ring is 2. The number of amides is 5. The Hall–Kier alpha value is -10.9. The van der Waals surface area contributed by atoms with Crippen LogP contribution in [0.2, 0.25) is 0 Å². The van der Waals surface area contributed by atoms with E-state index in [9.17, 15) is 50.3 Å². The van der Waals surface area contributed by atoms with E-state index in [1.54, 1.807) is 88.5 Å². The first-order chi connectivity index (χ1) is 51.0. The average molecular weight is 1470 g/mol. The Morgan fingerprint density at radius 2 is 1.00 bits per heavy atom. The van der Waals surface area contributed by atoms with Gasteiger partial charge in [-0.25, -0.2) is 29.6 Å². The first-order valence-corrected chi connectivity index (χ1v) is 35.5. The molecule has 4 aliphatic heterocycles. The average Bonchev–Trinajstić information content (AvgIpc) is 1.62. The lowest BCUT2D eigenvalue weighted by Gasteiger charge is -2.35. The smallest absolute Gasteiger partial charge is 0.417 e. The van der Waals surface area contributed by atoms with Crippen molar-refractivity contribution in [2.45, 2.75) is 104 Å². The maximum absolute atomic E-state index is 14.2. The molecule has 28 heteroatoms. The Balaban J connectivity index is 0.000000215. The molecule has 0 unspecified atom stereocenters. The SMILES string of the molecule is CCCN1CCN(Cc2ccc(NC(=O)Cc3cccc(C#Cc4cnc(N)nc4-c4cc5c(n4C)CCN(C(=O)OC(C)(C)C)C5=O)c3)cc2C(F)(F)F)CC1.CCCN1CCN(Cc2ccc(NC(=O)Cc3cccc(C#Cc4cnc(N)nc4-c4cc5c(n4C)CCNC5=O)c3)cc2C(F)(F)F)CC1. The second-order valence-corrected chi connectivity index (χ2v) is 27.9. The molecule has 0 saturated carbocycles. The van der Waals surface area contributed by atoms with E-state index in [1.807, 2.05) is 26.0 Å². The minimum absolute atomic E-state index is 0.00213. The summed E-state index contributed by atoms with van der Waals surface area (Å²) < 4.78 is 94.1.